The number of ether oxygens (including phenoxy) is 1. The summed E-state index contributed by atoms with van der Waals surface area (Å²) in [6.45, 7) is 2.83. The molecule has 3 rings (SSSR count). The van der Waals surface area contributed by atoms with E-state index in [-0.39, 0.29) is 0 Å². The van der Waals surface area contributed by atoms with E-state index in [1.165, 1.54) is 12.8 Å². The highest BCUT2D eigenvalue weighted by molar-refractivity contribution is 7.71. The minimum Gasteiger partial charge on any atom is -0.381 e. The van der Waals surface area contributed by atoms with Gasteiger partial charge in [-0.15, -0.1) is 5.10 Å². The molecule has 0 spiro atoms. The monoisotopic (exact) mass is 268 g/mol. The van der Waals surface area contributed by atoms with Crippen LogP contribution in [0.3, 0.4) is 0 Å². The molecule has 1 saturated heterocycles. The molecule has 1 N–H and O–H groups in total. The van der Waals surface area contributed by atoms with Crippen molar-refractivity contribution in [2.24, 2.45) is 5.92 Å². The lowest BCUT2D eigenvalue weighted by atomic mass is 10.0. The van der Waals surface area contributed by atoms with E-state index in [4.69, 9.17) is 17.0 Å². The van der Waals surface area contributed by atoms with E-state index in [1.807, 2.05) is 0 Å². The molecule has 1 aliphatic heterocycles. The minimum absolute atomic E-state index is 0.573. The van der Waals surface area contributed by atoms with Crippen molar-refractivity contribution >= 4 is 18.2 Å². The molecular weight excluding hydrogens is 248 g/mol. The summed E-state index contributed by atoms with van der Waals surface area (Å²) in [6.07, 6.45) is 4.76. The van der Waals surface area contributed by atoms with Crippen molar-refractivity contribution in [3.8, 4) is 0 Å². The van der Waals surface area contributed by atoms with Crippen LogP contribution < -0.4 is 4.90 Å². The van der Waals surface area contributed by atoms with Crippen LogP contribution in [0.4, 0.5) is 5.95 Å². The molecule has 2 fully saturated rings. The second-order valence-electron chi connectivity index (χ2n) is 5.37. The molecule has 0 aromatic carbocycles. The summed E-state index contributed by atoms with van der Waals surface area (Å²) >= 11 is 5.31. The van der Waals surface area contributed by atoms with Crippen molar-refractivity contribution in [1.29, 1.82) is 0 Å². The van der Waals surface area contributed by atoms with Gasteiger partial charge in [-0.25, -0.2) is 5.10 Å². The summed E-state index contributed by atoms with van der Waals surface area (Å²) in [5.74, 6) is 1.70. The number of hydrogen-bond donors (Lipinski definition) is 1. The fourth-order valence-electron chi connectivity index (χ4n) is 2.63. The standard InChI is InChI=1S/C12H20N4OS/c1-15(8-9-4-6-17-7-5-9)11-13-14-12(18)16(11)10-2-3-10/h9-10H,2-8H2,1H3,(H,14,18). The van der Waals surface area contributed by atoms with Crippen molar-refractivity contribution in [2.45, 2.75) is 31.7 Å². The molecule has 0 atom stereocenters. The maximum Gasteiger partial charge on any atom is 0.225 e. The van der Waals surface area contributed by atoms with Crippen LogP contribution in [0.2, 0.25) is 0 Å². The molecule has 1 aromatic rings. The quantitative estimate of drug-likeness (QED) is 0.850. The van der Waals surface area contributed by atoms with Gasteiger partial charge in [-0.05, 0) is 43.8 Å². The number of nitrogens with one attached hydrogen (secondary N) is 1. The van der Waals surface area contributed by atoms with E-state index < -0.39 is 0 Å². The highest BCUT2D eigenvalue weighted by atomic mass is 32.1. The van der Waals surface area contributed by atoms with Crippen molar-refractivity contribution in [1.82, 2.24) is 14.8 Å². The minimum atomic E-state index is 0.573. The number of rotatable bonds is 4. The Labute approximate surface area is 112 Å². The molecule has 2 heterocycles. The van der Waals surface area contributed by atoms with E-state index in [1.54, 1.807) is 0 Å². The third kappa shape index (κ3) is 2.44. The van der Waals surface area contributed by atoms with Gasteiger partial charge in [0.25, 0.3) is 0 Å². The van der Waals surface area contributed by atoms with E-state index in [9.17, 15) is 0 Å². The normalized spacial score (nSPS) is 21.2. The summed E-state index contributed by atoms with van der Waals surface area (Å²) in [5.41, 5.74) is 0. The third-order valence-electron chi connectivity index (χ3n) is 3.81. The molecule has 1 saturated carbocycles. The number of hydrogen-bond acceptors (Lipinski definition) is 4. The highest BCUT2D eigenvalue weighted by Gasteiger charge is 2.29. The van der Waals surface area contributed by atoms with Crippen molar-refractivity contribution < 1.29 is 4.74 Å². The summed E-state index contributed by atoms with van der Waals surface area (Å²) in [4.78, 5) is 2.24. The van der Waals surface area contributed by atoms with Crippen LogP contribution in [0.25, 0.3) is 0 Å². The van der Waals surface area contributed by atoms with Crippen LogP contribution in [0.5, 0.6) is 0 Å². The summed E-state index contributed by atoms with van der Waals surface area (Å²) < 4.78 is 8.33. The van der Waals surface area contributed by atoms with Crippen LogP contribution in [0, 0.1) is 10.7 Å². The first-order chi connectivity index (χ1) is 8.75. The zero-order valence-electron chi connectivity index (χ0n) is 10.8. The lowest BCUT2D eigenvalue weighted by Crippen LogP contribution is -2.31. The lowest BCUT2D eigenvalue weighted by molar-refractivity contribution is 0.0684. The van der Waals surface area contributed by atoms with E-state index >= 15 is 0 Å². The van der Waals surface area contributed by atoms with Gasteiger partial charge in [0.05, 0.1) is 0 Å². The fourth-order valence-corrected chi connectivity index (χ4v) is 2.90. The van der Waals surface area contributed by atoms with Crippen molar-refractivity contribution in [3.63, 3.8) is 0 Å². The number of H-pyrrole nitrogens is 1. The van der Waals surface area contributed by atoms with Crippen LogP contribution in [0.1, 0.15) is 31.7 Å². The number of aromatic amines is 1. The summed E-state index contributed by atoms with van der Waals surface area (Å²) in [7, 11) is 2.11. The van der Waals surface area contributed by atoms with Crippen LogP contribution >= 0.6 is 12.2 Å². The SMILES string of the molecule is CN(CC1CCOCC1)c1n[nH]c(=S)n1C1CC1. The molecule has 1 aliphatic carbocycles. The Hall–Kier alpha value is -0.880. The van der Waals surface area contributed by atoms with E-state index in [2.05, 4.69) is 26.7 Å². The average Bonchev–Trinajstić information content (AvgIpc) is 3.13. The van der Waals surface area contributed by atoms with E-state index in [0.29, 0.717) is 12.0 Å². The molecule has 0 unspecified atom stereocenters. The Kier molecular flexibility index (Phi) is 3.39. The maximum atomic E-state index is 5.40. The second kappa shape index (κ2) is 5.01. The molecule has 0 bridgehead atoms. The van der Waals surface area contributed by atoms with Gasteiger partial charge in [0.15, 0.2) is 4.77 Å². The van der Waals surface area contributed by atoms with Crippen molar-refractivity contribution in [3.05, 3.63) is 4.77 Å². The first-order valence-corrected chi connectivity index (χ1v) is 7.12. The summed E-state index contributed by atoms with van der Waals surface area (Å²) in [6, 6.07) is 0.573. The van der Waals surface area contributed by atoms with Gasteiger partial charge in [-0.2, -0.15) is 0 Å². The molecule has 0 radical (unpaired) electrons. The molecule has 5 nitrogen and oxygen atoms in total. The molecule has 1 aromatic heterocycles. The van der Waals surface area contributed by atoms with Gasteiger partial charge in [0.1, 0.15) is 0 Å². The predicted octanol–water partition coefficient (Wildman–Crippen LogP) is 2.14. The van der Waals surface area contributed by atoms with Gasteiger partial charge < -0.3 is 9.64 Å². The Morgan fingerprint density at radius 2 is 2.11 bits per heavy atom. The lowest BCUT2D eigenvalue weighted by Gasteiger charge is -2.27. The van der Waals surface area contributed by atoms with Gasteiger partial charge in [-0.3, -0.25) is 4.57 Å². The van der Waals surface area contributed by atoms with Gasteiger partial charge in [0, 0.05) is 32.8 Å². The molecule has 6 heteroatoms. The Balaban J connectivity index is 1.71. The van der Waals surface area contributed by atoms with Gasteiger partial charge in [-0.1, -0.05) is 0 Å². The average molecular weight is 268 g/mol. The Bertz CT molecular complexity index is 459. The zero-order valence-corrected chi connectivity index (χ0v) is 11.6. The molecule has 0 amide bonds. The first-order valence-electron chi connectivity index (χ1n) is 6.71. The topological polar surface area (TPSA) is 46.1 Å². The number of aromatic nitrogens is 3. The fraction of sp³-hybridized carbons (Fsp3) is 0.833. The molecule has 100 valence electrons. The number of anilines is 1. The Morgan fingerprint density at radius 3 is 2.78 bits per heavy atom. The second-order valence-corrected chi connectivity index (χ2v) is 5.75. The van der Waals surface area contributed by atoms with Crippen LogP contribution in [-0.2, 0) is 4.74 Å². The largest absolute Gasteiger partial charge is 0.381 e. The summed E-state index contributed by atoms with van der Waals surface area (Å²) in [5, 5.41) is 7.31. The zero-order chi connectivity index (χ0) is 12.5. The third-order valence-corrected chi connectivity index (χ3v) is 4.10. The van der Waals surface area contributed by atoms with Gasteiger partial charge >= 0.3 is 0 Å². The van der Waals surface area contributed by atoms with Crippen LogP contribution in [-0.4, -0.2) is 41.6 Å². The number of nitrogens with zero attached hydrogens (tertiary/aromatic N) is 3. The van der Waals surface area contributed by atoms with Crippen molar-refractivity contribution in [2.75, 3.05) is 31.7 Å². The predicted molar refractivity (Wildman–Crippen MR) is 72.5 cm³/mol. The molecule has 18 heavy (non-hydrogen) atoms. The van der Waals surface area contributed by atoms with Gasteiger partial charge in [0.2, 0.25) is 5.95 Å². The molecular formula is C12H20N4OS. The highest BCUT2D eigenvalue weighted by Crippen LogP contribution is 2.37. The smallest absolute Gasteiger partial charge is 0.225 e. The first kappa shape index (κ1) is 12.2. The Morgan fingerprint density at radius 1 is 1.39 bits per heavy atom. The maximum absolute atomic E-state index is 5.40. The van der Waals surface area contributed by atoms with E-state index in [0.717, 1.165) is 43.3 Å². The van der Waals surface area contributed by atoms with Crippen LogP contribution in [0.15, 0.2) is 0 Å². The molecule has 2 aliphatic rings.